The second kappa shape index (κ2) is 17.6. The molecule has 2 rings (SSSR count). The second-order valence-corrected chi connectivity index (χ2v) is 10.2. The zero-order valence-corrected chi connectivity index (χ0v) is 24.9. The van der Waals surface area contributed by atoms with Gasteiger partial charge in [-0.3, -0.25) is 0 Å². The lowest BCUT2D eigenvalue weighted by Gasteiger charge is -2.15. The van der Waals surface area contributed by atoms with E-state index in [1.165, 1.54) is 11.1 Å². The van der Waals surface area contributed by atoms with Gasteiger partial charge in [0.2, 0.25) is 0 Å². The number of allylic oxidation sites excluding steroid dienone is 1. The lowest BCUT2D eigenvalue weighted by Crippen LogP contribution is -2.08. The molecule has 220 valence electrons. The van der Waals surface area contributed by atoms with Crippen molar-refractivity contribution in [3.05, 3.63) is 114 Å². The Morgan fingerprint density at radius 1 is 0.610 bits per heavy atom. The van der Waals surface area contributed by atoms with Gasteiger partial charge in [-0.15, -0.1) is 0 Å². The van der Waals surface area contributed by atoms with E-state index in [4.69, 9.17) is 18.9 Å². The Morgan fingerprint density at radius 2 is 1.20 bits per heavy atom. The van der Waals surface area contributed by atoms with Crippen LogP contribution in [0.25, 0.3) is 0 Å². The van der Waals surface area contributed by atoms with Gasteiger partial charge in [-0.2, -0.15) is 0 Å². The van der Waals surface area contributed by atoms with Gasteiger partial charge in [-0.25, -0.2) is 9.59 Å². The first-order valence-corrected chi connectivity index (χ1v) is 14.0. The highest BCUT2D eigenvalue weighted by Crippen LogP contribution is 2.24. The number of esters is 2. The molecule has 41 heavy (non-hydrogen) atoms. The summed E-state index contributed by atoms with van der Waals surface area (Å²) < 4.78 is 22.1. The molecule has 0 aliphatic rings. The second-order valence-electron chi connectivity index (χ2n) is 10.2. The minimum Gasteiger partial charge on any atom is -0.494 e. The zero-order valence-electron chi connectivity index (χ0n) is 24.9. The fraction of sp³-hybridized carbons (Fsp3) is 0.371. The molecule has 2 aromatic rings. The third-order valence-corrected chi connectivity index (χ3v) is 6.25. The number of ether oxygens (including phenoxy) is 4. The van der Waals surface area contributed by atoms with Crippen molar-refractivity contribution >= 4 is 11.9 Å². The maximum absolute atomic E-state index is 11.6. The first-order valence-electron chi connectivity index (χ1n) is 14.0. The van der Waals surface area contributed by atoms with E-state index in [0.717, 1.165) is 54.6 Å². The van der Waals surface area contributed by atoms with Crippen LogP contribution in [-0.4, -0.2) is 38.4 Å². The summed E-state index contributed by atoms with van der Waals surface area (Å²) >= 11 is 0. The van der Waals surface area contributed by atoms with E-state index < -0.39 is 0 Å². The molecule has 6 heteroatoms. The molecule has 6 nitrogen and oxygen atoms in total. The van der Waals surface area contributed by atoms with Crippen LogP contribution in [0.2, 0.25) is 0 Å². The van der Waals surface area contributed by atoms with Crippen molar-refractivity contribution in [2.45, 2.75) is 59.3 Å². The average Bonchev–Trinajstić information content (AvgIpc) is 2.93. The lowest BCUT2D eigenvalue weighted by atomic mass is 9.98. The maximum Gasteiger partial charge on any atom is 0.333 e. The molecule has 0 saturated carbocycles. The summed E-state index contributed by atoms with van der Waals surface area (Å²) in [4.78, 5) is 23.2. The molecular weight excluding hydrogens is 516 g/mol. The topological polar surface area (TPSA) is 71.1 Å². The van der Waals surface area contributed by atoms with Crippen LogP contribution in [0.3, 0.4) is 0 Å². The molecule has 2 aromatic carbocycles. The highest BCUT2D eigenvalue weighted by atomic mass is 16.5. The Labute approximate surface area is 245 Å². The monoisotopic (exact) mass is 560 g/mol. The number of carbonyl (C=O) groups is 2. The maximum atomic E-state index is 11.6. The first kappa shape index (κ1) is 33.1. The van der Waals surface area contributed by atoms with Crippen LogP contribution >= 0.6 is 0 Å². The highest BCUT2D eigenvalue weighted by molar-refractivity contribution is 5.87. The number of rotatable bonds is 19. The molecule has 0 aliphatic heterocycles. The number of unbranched alkanes of at least 4 members (excludes halogenated alkanes) is 1. The number of hydrogen-bond acceptors (Lipinski definition) is 6. The van der Waals surface area contributed by atoms with Crippen molar-refractivity contribution in [2.24, 2.45) is 0 Å². The average molecular weight is 561 g/mol. The third-order valence-electron chi connectivity index (χ3n) is 6.25. The van der Waals surface area contributed by atoms with Crippen LogP contribution in [-0.2, 0) is 43.1 Å². The SMILES string of the molecule is C=C(C)C(=C)OCCCOc1ccc(Cc2ccc(CCOC(=O)C(=C)C)cc2)cc1CCCCOC(=O)C(=C)C. The van der Waals surface area contributed by atoms with Crippen LogP contribution < -0.4 is 4.74 Å². The molecule has 0 fully saturated rings. The number of carbonyl (C=O) groups excluding carboxylic acids is 2. The highest BCUT2D eigenvalue weighted by Gasteiger charge is 2.09. The van der Waals surface area contributed by atoms with Gasteiger partial charge in [0.05, 0.1) is 26.4 Å². The van der Waals surface area contributed by atoms with Crippen molar-refractivity contribution in [2.75, 3.05) is 26.4 Å². The van der Waals surface area contributed by atoms with Crippen molar-refractivity contribution in [3.63, 3.8) is 0 Å². The molecule has 0 radical (unpaired) electrons. The predicted molar refractivity (Wildman–Crippen MR) is 164 cm³/mol. The number of hydrogen-bond donors (Lipinski definition) is 0. The van der Waals surface area contributed by atoms with E-state index in [1.807, 2.05) is 13.0 Å². The largest absolute Gasteiger partial charge is 0.494 e. The quantitative estimate of drug-likeness (QED) is 0.0592. The van der Waals surface area contributed by atoms with Crippen molar-refractivity contribution in [3.8, 4) is 5.75 Å². The van der Waals surface area contributed by atoms with Gasteiger partial charge in [-0.1, -0.05) is 62.7 Å². The molecule has 0 atom stereocenters. The van der Waals surface area contributed by atoms with Crippen molar-refractivity contribution < 1.29 is 28.5 Å². The molecule has 0 aliphatic carbocycles. The Morgan fingerprint density at radius 3 is 1.83 bits per heavy atom. The summed E-state index contributed by atoms with van der Waals surface area (Å²) in [6, 6.07) is 14.7. The van der Waals surface area contributed by atoms with Gasteiger partial charge in [0.1, 0.15) is 11.5 Å². The van der Waals surface area contributed by atoms with Crippen LogP contribution in [0.1, 0.15) is 62.3 Å². The van der Waals surface area contributed by atoms with Gasteiger partial charge >= 0.3 is 11.9 Å². The number of benzene rings is 2. The Bertz CT molecular complexity index is 1220. The Kier molecular flexibility index (Phi) is 14.2. The third kappa shape index (κ3) is 12.8. The first-order chi connectivity index (χ1) is 19.6. The summed E-state index contributed by atoms with van der Waals surface area (Å²) in [5.41, 5.74) is 6.23. The molecular formula is C35H44O6. The summed E-state index contributed by atoms with van der Waals surface area (Å²) in [7, 11) is 0. The van der Waals surface area contributed by atoms with Crippen molar-refractivity contribution in [1.29, 1.82) is 0 Å². The minimum absolute atomic E-state index is 0.330. The molecule has 0 N–H and O–H groups in total. The van der Waals surface area contributed by atoms with E-state index in [-0.39, 0.29) is 11.9 Å². The number of aryl methyl sites for hydroxylation is 1. The normalized spacial score (nSPS) is 10.4. The Hall–Kier alpha value is -4.06. The minimum atomic E-state index is -0.361. The summed E-state index contributed by atoms with van der Waals surface area (Å²) in [6.07, 6.45) is 4.58. The lowest BCUT2D eigenvalue weighted by molar-refractivity contribution is -0.139. The summed E-state index contributed by atoms with van der Waals surface area (Å²) in [6.45, 7) is 21.8. The van der Waals surface area contributed by atoms with Gasteiger partial charge in [0, 0.05) is 24.0 Å². The van der Waals surface area contributed by atoms with Crippen molar-refractivity contribution in [1.82, 2.24) is 0 Å². The van der Waals surface area contributed by atoms with Gasteiger partial charge < -0.3 is 18.9 Å². The zero-order chi connectivity index (χ0) is 30.2. The van der Waals surface area contributed by atoms with Crippen LogP contribution in [0, 0.1) is 0 Å². The van der Waals surface area contributed by atoms with Gasteiger partial charge in [0.15, 0.2) is 0 Å². The smallest absolute Gasteiger partial charge is 0.333 e. The van der Waals surface area contributed by atoms with Gasteiger partial charge in [-0.05, 0) is 80.3 Å². The molecule has 0 unspecified atom stereocenters. The fourth-order valence-electron chi connectivity index (χ4n) is 3.79. The molecule has 0 spiro atoms. The van der Waals surface area contributed by atoms with Crippen LogP contribution in [0.4, 0.5) is 0 Å². The molecule has 0 saturated heterocycles. The van der Waals surface area contributed by atoms with Gasteiger partial charge in [0.25, 0.3) is 0 Å². The van der Waals surface area contributed by atoms with E-state index >= 15 is 0 Å². The molecule has 0 heterocycles. The molecule has 0 amide bonds. The van der Waals surface area contributed by atoms with E-state index in [2.05, 4.69) is 62.7 Å². The molecule has 0 aromatic heterocycles. The van der Waals surface area contributed by atoms with E-state index in [1.54, 1.807) is 13.8 Å². The fourth-order valence-corrected chi connectivity index (χ4v) is 3.79. The van der Waals surface area contributed by atoms with Crippen LogP contribution in [0.15, 0.2) is 91.3 Å². The van der Waals surface area contributed by atoms with Crippen LogP contribution in [0.5, 0.6) is 5.75 Å². The Balaban J connectivity index is 1.98. The standard InChI is InChI=1S/C35H44O6/c1-25(2)28(7)38-20-10-21-39-33-17-16-31(24-32(33)11-8-9-19-40-34(36)26(3)4)23-30-14-12-29(13-15-30)18-22-41-35(37)27(5)6/h12-17,24H,1,3,5,7-11,18-23H2,2,4,6H3. The summed E-state index contributed by atoms with van der Waals surface area (Å²) in [5.74, 6) is 0.735. The van der Waals surface area contributed by atoms with E-state index in [9.17, 15) is 9.59 Å². The van der Waals surface area contributed by atoms with E-state index in [0.29, 0.717) is 49.8 Å². The summed E-state index contributed by atoms with van der Waals surface area (Å²) in [5, 5.41) is 0. The predicted octanol–water partition coefficient (Wildman–Crippen LogP) is 7.26. The molecule has 0 bridgehead atoms.